The summed E-state index contributed by atoms with van der Waals surface area (Å²) in [7, 11) is 0. The third-order valence-electron chi connectivity index (χ3n) is 3.97. The Morgan fingerprint density at radius 1 is 1.35 bits per heavy atom. The van der Waals surface area contributed by atoms with E-state index in [1.165, 1.54) is 5.56 Å². The predicted molar refractivity (Wildman–Crippen MR) is 81.2 cm³/mol. The zero-order valence-corrected chi connectivity index (χ0v) is 11.8. The van der Waals surface area contributed by atoms with Gasteiger partial charge >= 0.3 is 0 Å². The summed E-state index contributed by atoms with van der Waals surface area (Å²) in [6, 6.07) is 9.58. The molecule has 0 spiro atoms. The highest BCUT2D eigenvalue weighted by Crippen LogP contribution is 2.41. The number of nitrogens with two attached hydrogens (primary N) is 2. The Kier molecular flexibility index (Phi) is 3.61. The number of hydrogen-bond donors (Lipinski definition) is 3. The van der Waals surface area contributed by atoms with Crippen molar-refractivity contribution < 1.29 is 0 Å². The molecular formula is C15H17ClN4. The van der Waals surface area contributed by atoms with Crippen LogP contribution in [0.2, 0.25) is 5.02 Å². The molecule has 0 bridgehead atoms. The van der Waals surface area contributed by atoms with Gasteiger partial charge in [0.25, 0.3) is 0 Å². The highest BCUT2D eigenvalue weighted by molar-refractivity contribution is 6.30. The number of benzene rings is 1. The number of rotatable bonds is 3. The Morgan fingerprint density at radius 3 is 2.95 bits per heavy atom. The second-order valence-electron chi connectivity index (χ2n) is 5.11. The average molecular weight is 289 g/mol. The summed E-state index contributed by atoms with van der Waals surface area (Å²) in [6.07, 6.45) is 3.87. The van der Waals surface area contributed by atoms with Crippen molar-refractivity contribution in [2.75, 3.05) is 5.73 Å². The van der Waals surface area contributed by atoms with Crippen LogP contribution in [0, 0.1) is 0 Å². The van der Waals surface area contributed by atoms with Crippen molar-refractivity contribution in [2.24, 2.45) is 5.84 Å². The molecule has 0 amide bonds. The monoisotopic (exact) mass is 288 g/mol. The molecule has 1 aliphatic rings. The Hall–Kier alpha value is -1.62. The van der Waals surface area contributed by atoms with Gasteiger partial charge in [-0.3, -0.25) is 16.3 Å². The van der Waals surface area contributed by atoms with Crippen LogP contribution in [-0.2, 0) is 6.42 Å². The number of fused-ring (bicyclic) bond motifs is 1. The lowest BCUT2D eigenvalue weighted by Gasteiger charge is -2.24. The highest BCUT2D eigenvalue weighted by atomic mass is 35.5. The van der Waals surface area contributed by atoms with Crippen LogP contribution in [0.25, 0.3) is 0 Å². The lowest BCUT2D eigenvalue weighted by Crippen LogP contribution is -2.32. The number of pyridine rings is 1. The van der Waals surface area contributed by atoms with Gasteiger partial charge < -0.3 is 5.73 Å². The van der Waals surface area contributed by atoms with E-state index in [9.17, 15) is 0 Å². The molecule has 4 nitrogen and oxygen atoms in total. The SMILES string of the molecule is NNC(c1ccc(Cl)cc1N)C1CCc2cccnc21. The summed E-state index contributed by atoms with van der Waals surface area (Å²) >= 11 is 5.96. The molecule has 1 aromatic heterocycles. The van der Waals surface area contributed by atoms with Crippen molar-refractivity contribution in [1.29, 1.82) is 0 Å². The number of aromatic nitrogens is 1. The molecule has 0 radical (unpaired) electrons. The van der Waals surface area contributed by atoms with E-state index in [1.807, 2.05) is 24.4 Å². The van der Waals surface area contributed by atoms with Crippen molar-refractivity contribution >= 4 is 17.3 Å². The van der Waals surface area contributed by atoms with Crippen LogP contribution in [0.15, 0.2) is 36.5 Å². The molecule has 0 fully saturated rings. The van der Waals surface area contributed by atoms with Crippen LogP contribution >= 0.6 is 11.6 Å². The first-order chi connectivity index (χ1) is 9.70. The summed E-state index contributed by atoms with van der Waals surface area (Å²) in [5, 5.41) is 0.631. The molecule has 5 N–H and O–H groups in total. The van der Waals surface area contributed by atoms with Crippen LogP contribution in [-0.4, -0.2) is 4.98 Å². The average Bonchev–Trinajstić information content (AvgIpc) is 2.86. The fraction of sp³-hybridized carbons (Fsp3) is 0.267. The molecule has 0 saturated carbocycles. The zero-order valence-electron chi connectivity index (χ0n) is 11.0. The fourth-order valence-corrected chi connectivity index (χ4v) is 3.20. The van der Waals surface area contributed by atoms with E-state index in [0.29, 0.717) is 10.7 Å². The molecule has 20 heavy (non-hydrogen) atoms. The molecular weight excluding hydrogens is 272 g/mol. The van der Waals surface area contributed by atoms with E-state index in [1.54, 1.807) is 6.07 Å². The first kappa shape index (κ1) is 13.4. The zero-order chi connectivity index (χ0) is 14.1. The molecule has 0 aliphatic heterocycles. The van der Waals surface area contributed by atoms with Gasteiger partial charge in [-0.2, -0.15) is 0 Å². The molecule has 104 valence electrons. The van der Waals surface area contributed by atoms with Gasteiger partial charge in [-0.15, -0.1) is 0 Å². The van der Waals surface area contributed by atoms with Gasteiger partial charge in [0, 0.05) is 28.5 Å². The Bertz CT molecular complexity index is 629. The summed E-state index contributed by atoms with van der Waals surface area (Å²) in [6.45, 7) is 0. The molecule has 0 saturated heterocycles. The number of anilines is 1. The molecule has 1 aliphatic carbocycles. The summed E-state index contributed by atoms with van der Waals surface area (Å²) in [5.74, 6) is 6.02. The van der Waals surface area contributed by atoms with E-state index in [0.717, 1.165) is 24.1 Å². The summed E-state index contributed by atoms with van der Waals surface area (Å²) in [4.78, 5) is 4.52. The third kappa shape index (κ3) is 2.26. The van der Waals surface area contributed by atoms with Crippen LogP contribution in [0.4, 0.5) is 5.69 Å². The molecule has 2 aromatic rings. The van der Waals surface area contributed by atoms with E-state index in [2.05, 4.69) is 16.5 Å². The predicted octanol–water partition coefficient (Wildman–Crippen LogP) is 2.55. The Labute approximate surface area is 123 Å². The minimum absolute atomic E-state index is 0.0524. The highest BCUT2D eigenvalue weighted by Gasteiger charge is 2.32. The van der Waals surface area contributed by atoms with Gasteiger partial charge in [0.1, 0.15) is 0 Å². The first-order valence-corrected chi connectivity index (χ1v) is 7.03. The maximum atomic E-state index is 6.09. The van der Waals surface area contributed by atoms with E-state index >= 15 is 0 Å². The maximum absolute atomic E-state index is 6.09. The number of nitrogens with one attached hydrogen (secondary N) is 1. The number of nitrogen functional groups attached to an aromatic ring is 1. The van der Waals surface area contributed by atoms with Crippen LogP contribution < -0.4 is 17.0 Å². The number of hydrogen-bond acceptors (Lipinski definition) is 4. The van der Waals surface area contributed by atoms with Crippen molar-refractivity contribution in [2.45, 2.75) is 24.8 Å². The van der Waals surface area contributed by atoms with Crippen LogP contribution in [0.3, 0.4) is 0 Å². The molecule has 2 atom stereocenters. The van der Waals surface area contributed by atoms with Crippen molar-refractivity contribution in [3.63, 3.8) is 0 Å². The largest absolute Gasteiger partial charge is 0.398 e. The van der Waals surface area contributed by atoms with Crippen molar-refractivity contribution in [1.82, 2.24) is 10.4 Å². The van der Waals surface area contributed by atoms with Crippen molar-refractivity contribution in [3.8, 4) is 0 Å². The van der Waals surface area contributed by atoms with Crippen LogP contribution in [0.5, 0.6) is 0 Å². The number of halogens is 1. The van der Waals surface area contributed by atoms with Gasteiger partial charge in [-0.05, 0) is 42.2 Å². The minimum Gasteiger partial charge on any atom is -0.398 e. The fourth-order valence-electron chi connectivity index (χ4n) is 3.02. The lowest BCUT2D eigenvalue weighted by atomic mass is 9.90. The molecule has 2 unspecified atom stereocenters. The summed E-state index contributed by atoms with van der Waals surface area (Å²) in [5.41, 5.74) is 13.0. The molecule has 3 rings (SSSR count). The molecule has 5 heteroatoms. The number of hydrazine groups is 1. The Balaban J connectivity index is 1.99. The second-order valence-corrected chi connectivity index (χ2v) is 5.55. The van der Waals surface area contributed by atoms with E-state index in [-0.39, 0.29) is 12.0 Å². The maximum Gasteiger partial charge on any atom is 0.0564 e. The smallest absolute Gasteiger partial charge is 0.0564 e. The normalized spacial score (nSPS) is 18.8. The standard InChI is InChI=1S/C15H17ClN4/c16-10-4-6-11(13(17)8-10)15(20-18)12-5-3-9-2-1-7-19-14(9)12/h1-2,4,6-8,12,15,20H,3,5,17-18H2. The topological polar surface area (TPSA) is 77.0 Å². The number of aryl methyl sites for hydroxylation is 1. The number of nitrogens with zero attached hydrogens (tertiary/aromatic N) is 1. The van der Waals surface area contributed by atoms with Gasteiger partial charge in [-0.25, -0.2) is 0 Å². The third-order valence-corrected chi connectivity index (χ3v) is 4.20. The lowest BCUT2D eigenvalue weighted by molar-refractivity contribution is 0.448. The minimum atomic E-state index is -0.0524. The first-order valence-electron chi connectivity index (χ1n) is 6.65. The molecule has 1 heterocycles. The summed E-state index contributed by atoms with van der Waals surface area (Å²) < 4.78 is 0. The van der Waals surface area contributed by atoms with E-state index < -0.39 is 0 Å². The Morgan fingerprint density at radius 2 is 2.20 bits per heavy atom. The molecule has 1 aromatic carbocycles. The second kappa shape index (κ2) is 5.40. The van der Waals surface area contributed by atoms with E-state index in [4.69, 9.17) is 23.2 Å². The van der Waals surface area contributed by atoms with Gasteiger partial charge in [0.15, 0.2) is 0 Å². The van der Waals surface area contributed by atoms with Crippen molar-refractivity contribution in [3.05, 3.63) is 58.4 Å². The van der Waals surface area contributed by atoms with Gasteiger partial charge in [0.05, 0.1) is 6.04 Å². The quantitative estimate of drug-likeness (QED) is 0.461. The van der Waals surface area contributed by atoms with Gasteiger partial charge in [-0.1, -0.05) is 23.7 Å². The van der Waals surface area contributed by atoms with Crippen LogP contribution in [0.1, 0.15) is 35.2 Å². The van der Waals surface area contributed by atoms with Gasteiger partial charge in [0.2, 0.25) is 0 Å².